The second kappa shape index (κ2) is 6.59. The van der Waals surface area contributed by atoms with E-state index in [4.69, 9.17) is 21.1 Å². The van der Waals surface area contributed by atoms with Crippen LogP contribution in [0, 0.1) is 5.92 Å². The zero-order valence-electron chi connectivity index (χ0n) is 11.8. The SMILES string of the molecule is O=C(COc1ccc(Cl)cc1)C1CCOC2(CCSC2)C1. The van der Waals surface area contributed by atoms with Crippen molar-refractivity contribution in [2.75, 3.05) is 24.7 Å². The summed E-state index contributed by atoms with van der Waals surface area (Å²) in [5.41, 5.74) is -0.0521. The fourth-order valence-electron chi connectivity index (χ4n) is 2.97. The third kappa shape index (κ3) is 3.74. The van der Waals surface area contributed by atoms with Gasteiger partial charge in [-0.25, -0.2) is 0 Å². The van der Waals surface area contributed by atoms with Crippen molar-refractivity contribution in [1.82, 2.24) is 0 Å². The molecule has 0 N–H and O–H groups in total. The third-order valence-electron chi connectivity index (χ3n) is 4.21. The number of Topliss-reactive ketones (excluding diaryl/α,β-unsaturated/α-hetero) is 1. The van der Waals surface area contributed by atoms with Gasteiger partial charge in [0.25, 0.3) is 0 Å². The van der Waals surface area contributed by atoms with Crippen molar-refractivity contribution in [2.24, 2.45) is 5.92 Å². The summed E-state index contributed by atoms with van der Waals surface area (Å²) >= 11 is 7.75. The van der Waals surface area contributed by atoms with Gasteiger partial charge in [0.1, 0.15) is 12.4 Å². The second-order valence-electron chi connectivity index (χ2n) is 5.73. The fraction of sp³-hybridized carbons (Fsp3) is 0.562. The number of ketones is 1. The number of hydrogen-bond donors (Lipinski definition) is 0. The average Bonchev–Trinajstić information content (AvgIpc) is 2.94. The number of carbonyl (C=O) groups excluding carboxylic acids is 1. The van der Waals surface area contributed by atoms with E-state index in [1.807, 2.05) is 11.8 Å². The van der Waals surface area contributed by atoms with Crippen LogP contribution in [0.4, 0.5) is 0 Å². The van der Waals surface area contributed by atoms with Crippen molar-refractivity contribution in [3.05, 3.63) is 29.3 Å². The average molecular weight is 327 g/mol. The van der Waals surface area contributed by atoms with E-state index in [1.54, 1.807) is 24.3 Å². The summed E-state index contributed by atoms with van der Waals surface area (Å²) in [6, 6.07) is 7.10. The molecule has 0 aliphatic carbocycles. The number of halogens is 1. The molecule has 2 atom stereocenters. The summed E-state index contributed by atoms with van der Waals surface area (Å²) in [4.78, 5) is 12.4. The van der Waals surface area contributed by atoms with Crippen molar-refractivity contribution in [1.29, 1.82) is 0 Å². The normalized spacial score (nSPS) is 28.7. The zero-order chi connectivity index (χ0) is 14.7. The van der Waals surface area contributed by atoms with Crippen molar-refractivity contribution >= 4 is 29.1 Å². The number of hydrogen-bond acceptors (Lipinski definition) is 4. The van der Waals surface area contributed by atoms with Crippen LogP contribution in [-0.4, -0.2) is 36.1 Å². The van der Waals surface area contributed by atoms with Gasteiger partial charge in [0.2, 0.25) is 0 Å². The first kappa shape index (κ1) is 15.2. The Morgan fingerprint density at radius 2 is 2.24 bits per heavy atom. The Hall–Kier alpha value is -0.710. The maximum Gasteiger partial charge on any atom is 0.173 e. The highest BCUT2D eigenvalue weighted by Gasteiger charge is 2.42. The molecule has 2 fully saturated rings. The first-order valence-electron chi connectivity index (χ1n) is 7.30. The van der Waals surface area contributed by atoms with Crippen LogP contribution >= 0.6 is 23.4 Å². The van der Waals surface area contributed by atoms with Crippen LogP contribution in [0.25, 0.3) is 0 Å². The summed E-state index contributed by atoms with van der Waals surface area (Å²) in [5, 5.41) is 0.666. The van der Waals surface area contributed by atoms with Crippen LogP contribution in [0.1, 0.15) is 19.3 Å². The van der Waals surface area contributed by atoms with Gasteiger partial charge < -0.3 is 9.47 Å². The zero-order valence-corrected chi connectivity index (χ0v) is 13.4. The topological polar surface area (TPSA) is 35.5 Å². The van der Waals surface area contributed by atoms with Gasteiger partial charge in [0, 0.05) is 23.3 Å². The molecule has 0 amide bonds. The van der Waals surface area contributed by atoms with Crippen LogP contribution in [0.3, 0.4) is 0 Å². The van der Waals surface area contributed by atoms with Crippen LogP contribution in [0.15, 0.2) is 24.3 Å². The minimum atomic E-state index is -0.0521. The first-order chi connectivity index (χ1) is 10.2. The van der Waals surface area contributed by atoms with Gasteiger partial charge >= 0.3 is 0 Å². The van der Waals surface area contributed by atoms with Crippen LogP contribution in [0.5, 0.6) is 5.75 Å². The third-order valence-corrected chi connectivity index (χ3v) is 5.69. The largest absolute Gasteiger partial charge is 0.486 e. The minimum absolute atomic E-state index is 0.0521. The molecule has 1 spiro atoms. The Kier molecular flexibility index (Phi) is 4.77. The molecule has 2 aliphatic heterocycles. The van der Waals surface area contributed by atoms with Crippen molar-refractivity contribution in [3.8, 4) is 5.75 Å². The molecular weight excluding hydrogens is 308 g/mol. The monoisotopic (exact) mass is 326 g/mol. The van der Waals surface area contributed by atoms with Crippen molar-refractivity contribution < 1.29 is 14.3 Å². The lowest BCUT2D eigenvalue weighted by atomic mass is 9.83. The Labute approximate surface area is 134 Å². The van der Waals surface area contributed by atoms with Gasteiger partial charge in [-0.15, -0.1) is 0 Å². The standard InChI is InChI=1S/C16H19ClO3S/c17-13-1-3-14(4-2-13)19-10-15(18)12-5-7-20-16(9-12)6-8-21-11-16/h1-4,12H,5-11H2. The molecule has 2 saturated heterocycles. The van der Waals surface area contributed by atoms with E-state index in [0.717, 1.165) is 30.8 Å². The minimum Gasteiger partial charge on any atom is -0.486 e. The molecule has 5 heteroatoms. The molecule has 3 rings (SSSR count). The Balaban J connectivity index is 1.54. The van der Waals surface area contributed by atoms with Crippen molar-refractivity contribution in [2.45, 2.75) is 24.9 Å². The Morgan fingerprint density at radius 1 is 1.43 bits per heavy atom. The molecule has 2 heterocycles. The smallest absolute Gasteiger partial charge is 0.173 e. The highest BCUT2D eigenvalue weighted by atomic mass is 35.5. The summed E-state index contributed by atoms with van der Waals surface area (Å²) < 4.78 is 11.5. The molecule has 0 bridgehead atoms. The van der Waals surface area contributed by atoms with E-state index in [-0.39, 0.29) is 23.9 Å². The molecule has 0 saturated carbocycles. The van der Waals surface area contributed by atoms with Gasteiger partial charge in [0.05, 0.1) is 5.60 Å². The van der Waals surface area contributed by atoms with Crippen LogP contribution < -0.4 is 4.74 Å². The summed E-state index contributed by atoms with van der Waals surface area (Å²) in [7, 11) is 0. The highest BCUT2D eigenvalue weighted by Crippen LogP contribution is 2.40. The predicted molar refractivity (Wildman–Crippen MR) is 85.3 cm³/mol. The molecule has 1 aromatic carbocycles. The van der Waals surface area contributed by atoms with Gasteiger partial charge in [0.15, 0.2) is 5.78 Å². The maximum atomic E-state index is 12.4. The lowest BCUT2D eigenvalue weighted by Gasteiger charge is -2.37. The Morgan fingerprint density at radius 3 is 2.95 bits per heavy atom. The summed E-state index contributed by atoms with van der Waals surface area (Å²) in [5.74, 6) is 3.11. The number of rotatable bonds is 4. The van der Waals surface area contributed by atoms with E-state index in [2.05, 4.69) is 0 Å². The molecular formula is C16H19ClO3S. The van der Waals surface area contributed by atoms with Crippen LogP contribution in [-0.2, 0) is 9.53 Å². The summed E-state index contributed by atoms with van der Waals surface area (Å²) in [6.45, 7) is 0.827. The molecule has 3 nitrogen and oxygen atoms in total. The summed E-state index contributed by atoms with van der Waals surface area (Å²) in [6.07, 6.45) is 2.73. The van der Waals surface area contributed by atoms with Gasteiger partial charge in [-0.3, -0.25) is 4.79 Å². The molecule has 0 aromatic heterocycles. The number of carbonyl (C=O) groups is 1. The van der Waals surface area contributed by atoms with E-state index >= 15 is 0 Å². The highest BCUT2D eigenvalue weighted by molar-refractivity contribution is 7.99. The molecule has 2 aliphatic rings. The quantitative estimate of drug-likeness (QED) is 0.847. The fourth-order valence-corrected chi connectivity index (χ4v) is 4.47. The van der Waals surface area contributed by atoms with E-state index in [0.29, 0.717) is 17.4 Å². The molecule has 0 radical (unpaired) electrons. The Bertz CT molecular complexity index is 497. The van der Waals surface area contributed by atoms with E-state index in [1.165, 1.54) is 0 Å². The van der Waals surface area contributed by atoms with Crippen LogP contribution in [0.2, 0.25) is 5.02 Å². The lowest BCUT2D eigenvalue weighted by Crippen LogP contribution is -2.42. The van der Waals surface area contributed by atoms with Gasteiger partial charge in [-0.2, -0.15) is 11.8 Å². The van der Waals surface area contributed by atoms with Gasteiger partial charge in [-0.05, 0) is 49.3 Å². The number of ether oxygens (including phenoxy) is 2. The molecule has 1 aromatic rings. The molecule has 114 valence electrons. The van der Waals surface area contributed by atoms with Crippen molar-refractivity contribution in [3.63, 3.8) is 0 Å². The first-order valence-corrected chi connectivity index (χ1v) is 8.83. The second-order valence-corrected chi connectivity index (χ2v) is 7.27. The van der Waals surface area contributed by atoms with E-state index < -0.39 is 0 Å². The number of benzene rings is 1. The molecule has 21 heavy (non-hydrogen) atoms. The molecule has 2 unspecified atom stereocenters. The van der Waals surface area contributed by atoms with E-state index in [9.17, 15) is 4.79 Å². The predicted octanol–water partition coefficient (Wildman–Crippen LogP) is 3.59. The number of thioether (sulfide) groups is 1. The maximum absolute atomic E-state index is 12.4. The lowest BCUT2D eigenvalue weighted by molar-refractivity contribution is -0.135. The van der Waals surface area contributed by atoms with Gasteiger partial charge in [-0.1, -0.05) is 11.6 Å².